The molecule has 4 heteroatoms. The van der Waals surface area contributed by atoms with Gasteiger partial charge in [0.15, 0.2) is 0 Å². The van der Waals surface area contributed by atoms with Crippen molar-refractivity contribution in [3.05, 3.63) is 53.6 Å². The lowest BCUT2D eigenvalue weighted by Crippen LogP contribution is -2.28. The van der Waals surface area contributed by atoms with E-state index in [4.69, 9.17) is 0 Å². The van der Waals surface area contributed by atoms with Crippen molar-refractivity contribution in [2.45, 2.75) is 13.8 Å². The maximum atomic E-state index is 11.9. The molecule has 0 aliphatic carbocycles. The van der Waals surface area contributed by atoms with Crippen LogP contribution >= 0.6 is 0 Å². The first-order valence-electron chi connectivity index (χ1n) is 6.33. The van der Waals surface area contributed by atoms with Crippen LogP contribution in [-0.4, -0.2) is 25.0 Å². The highest BCUT2D eigenvalue weighted by atomic mass is 16.6. The molecule has 20 heavy (non-hydrogen) atoms. The van der Waals surface area contributed by atoms with E-state index in [1.807, 2.05) is 24.8 Å². The van der Waals surface area contributed by atoms with E-state index < -0.39 is 11.9 Å². The Morgan fingerprint density at radius 2 is 1.70 bits per heavy atom. The van der Waals surface area contributed by atoms with Gasteiger partial charge in [0.05, 0.1) is 16.8 Å². The summed E-state index contributed by atoms with van der Waals surface area (Å²) in [5, 5.41) is 0. The number of benzene rings is 1. The number of hydrogen-bond acceptors (Lipinski definition) is 4. The predicted octanol–water partition coefficient (Wildman–Crippen LogP) is 2.96. The van der Waals surface area contributed by atoms with Crippen LogP contribution in [0.4, 0.5) is 5.69 Å². The molecule has 0 bridgehead atoms. The van der Waals surface area contributed by atoms with E-state index in [0.29, 0.717) is 29.9 Å². The molecule has 0 amide bonds. The highest BCUT2D eigenvalue weighted by molar-refractivity contribution is 6.17. The summed E-state index contributed by atoms with van der Waals surface area (Å²) in [4.78, 5) is 25.4. The van der Waals surface area contributed by atoms with Crippen LogP contribution in [0.3, 0.4) is 0 Å². The number of anilines is 1. The van der Waals surface area contributed by atoms with E-state index in [1.165, 1.54) is 0 Å². The number of esters is 2. The van der Waals surface area contributed by atoms with Crippen molar-refractivity contribution < 1.29 is 14.3 Å². The van der Waals surface area contributed by atoms with Crippen LogP contribution in [-0.2, 0) is 4.74 Å². The second-order valence-corrected chi connectivity index (χ2v) is 5.15. The summed E-state index contributed by atoms with van der Waals surface area (Å²) in [6, 6.07) is 5.16. The molecule has 1 aliphatic heterocycles. The summed E-state index contributed by atoms with van der Waals surface area (Å²) >= 11 is 0. The summed E-state index contributed by atoms with van der Waals surface area (Å²) in [6.45, 7) is 12.8. The maximum Gasteiger partial charge on any atom is 0.349 e. The molecule has 4 nitrogen and oxygen atoms in total. The molecular weight excluding hydrogens is 254 g/mol. The zero-order valence-electron chi connectivity index (χ0n) is 11.7. The minimum absolute atomic E-state index is 0.320. The van der Waals surface area contributed by atoms with E-state index >= 15 is 0 Å². The van der Waals surface area contributed by atoms with Gasteiger partial charge in [-0.2, -0.15) is 0 Å². The van der Waals surface area contributed by atoms with Gasteiger partial charge >= 0.3 is 11.9 Å². The molecule has 0 unspecified atom stereocenters. The Bertz CT molecular complexity index is 600. The third-order valence-electron chi connectivity index (χ3n) is 2.91. The summed E-state index contributed by atoms with van der Waals surface area (Å²) in [5.74, 6) is -1.17. The van der Waals surface area contributed by atoms with Gasteiger partial charge in [0, 0.05) is 13.1 Å². The number of nitrogens with zero attached hydrogens (tertiary/aromatic N) is 1. The number of carbonyl (C=O) groups excluding carboxylic acids is 2. The molecule has 0 aromatic heterocycles. The molecule has 104 valence electrons. The van der Waals surface area contributed by atoms with E-state index in [1.54, 1.807) is 12.1 Å². The quantitative estimate of drug-likeness (QED) is 0.469. The lowest BCUT2D eigenvalue weighted by Gasteiger charge is -2.26. The molecule has 1 aliphatic rings. The average Bonchev–Trinajstić information content (AvgIpc) is 2.63. The first-order valence-corrected chi connectivity index (χ1v) is 6.33. The Hall–Kier alpha value is -2.36. The van der Waals surface area contributed by atoms with Crippen molar-refractivity contribution in [2.24, 2.45) is 0 Å². The van der Waals surface area contributed by atoms with Crippen molar-refractivity contribution in [3.8, 4) is 0 Å². The number of hydrogen-bond donors (Lipinski definition) is 0. The Morgan fingerprint density at radius 3 is 2.25 bits per heavy atom. The van der Waals surface area contributed by atoms with E-state index in [9.17, 15) is 9.59 Å². The second-order valence-electron chi connectivity index (χ2n) is 5.15. The van der Waals surface area contributed by atoms with Gasteiger partial charge in [-0.05, 0) is 26.0 Å². The number of carbonyl (C=O) groups is 2. The van der Waals surface area contributed by atoms with Gasteiger partial charge in [-0.15, -0.1) is 0 Å². The van der Waals surface area contributed by atoms with Gasteiger partial charge < -0.3 is 9.64 Å². The van der Waals surface area contributed by atoms with Crippen molar-refractivity contribution in [2.75, 3.05) is 18.0 Å². The summed E-state index contributed by atoms with van der Waals surface area (Å²) in [6.07, 6.45) is 0. The van der Waals surface area contributed by atoms with Crippen molar-refractivity contribution in [3.63, 3.8) is 0 Å². The fraction of sp³-hybridized carbons (Fsp3) is 0.250. The first-order chi connectivity index (χ1) is 9.40. The minimum Gasteiger partial charge on any atom is -0.386 e. The third kappa shape index (κ3) is 2.64. The van der Waals surface area contributed by atoms with Crippen LogP contribution in [0.25, 0.3) is 0 Å². The highest BCUT2D eigenvalue weighted by Gasteiger charge is 2.33. The standard InChI is InChI=1S/C16H17NO3/c1-10(2)8-17(9-11(3)4)13-7-5-6-12-14(13)16(19)20-15(12)18/h5-7H,1,3,8-9H2,2,4H3. The molecule has 0 N–H and O–H groups in total. The molecule has 2 rings (SSSR count). The van der Waals surface area contributed by atoms with Crippen molar-refractivity contribution >= 4 is 17.6 Å². The van der Waals surface area contributed by atoms with Crippen LogP contribution in [0.2, 0.25) is 0 Å². The second kappa shape index (κ2) is 5.33. The monoisotopic (exact) mass is 271 g/mol. The average molecular weight is 271 g/mol. The highest BCUT2D eigenvalue weighted by Crippen LogP contribution is 2.30. The molecular formula is C16H17NO3. The van der Waals surface area contributed by atoms with Gasteiger partial charge in [-0.1, -0.05) is 30.4 Å². The molecule has 1 heterocycles. The summed E-state index contributed by atoms with van der Waals surface area (Å²) < 4.78 is 4.68. The maximum absolute atomic E-state index is 11.9. The number of ether oxygens (including phenoxy) is 1. The SMILES string of the molecule is C=C(C)CN(CC(=C)C)c1cccc2c1C(=O)OC2=O. The molecule has 0 saturated heterocycles. The third-order valence-corrected chi connectivity index (χ3v) is 2.91. The Morgan fingerprint density at radius 1 is 1.10 bits per heavy atom. The van der Waals surface area contributed by atoms with Crippen molar-refractivity contribution in [1.82, 2.24) is 0 Å². The van der Waals surface area contributed by atoms with Crippen LogP contribution in [0, 0.1) is 0 Å². The molecule has 0 radical (unpaired) electrons. The molecule has 1 aromatic carbocycles. The normalized spacial score (nSPS) is 12.9. The predicted molar refractivity (Wildman–Crippen MR) is 78.0 cm³/mol. The van der Waals surface area contributed by atoms with Crippen LogP contribution in [0.5, 0.6) is 0 Å². The van der Waals surface area contributed by atoms with Crippen molar-refractivity contribution in [1.29, 1.82) is 0 Å². The summed E-state index contributed by atoms with van der Waals surface area (Å²) in [5.41, 5.74) is 3.26. The van der Waals surface area contributed by atoms with E-state index in [2.05, 4.69) is 17.9 Å². The lowest BCUT2D eigenvalue weighted by atomic mass is 10.1. The van der Waals surface area contributed by atoms with Gasteiger partial charge in [0.25, 0.3) is 0 Å². The van der Waals surface area contributed by atoms with Gasteiger partial charge in [-0.3, -0.25) is 0 Å². The number of fused-ring (bicyclic) bond motifs is 1. The zero-order valence-corrected chi connectivity index (χ0v) is 11.7. The number of rotatable bonds is 5. The Balaban J connectivity index is 2.49. The molecule has 1 aromatic rings. The van der Waals surface area contributed by atoms with Gasteiger partial charge in [0.2, 0.25) is 0 Å². The molecule has 0 spiro atoms. The molecule has 0 atom stereocenters. The topological polar surface area (TPSA) is 46.6 Å². The zero-order chi connectivity index (χ0) is 14.9. The Kier molecular flexibility index (Phi) is 3.74. The van der Waals surface area contributed by atoms with Gasteiger partial charge in [-0.25, -0.2) is 9.59 Å². The smallest absolute Gasteiger partial charge is 0.349 e. The van der Waals surface area contributed by atoms with Crippen LogP contribution in [0.15, 0.2) is 42.5 Å². The Labute approximate surface area is 118 Å². The lowest BCUT2D eigenvalue weighted by molar-refractivity contribution is 0.0444. The van der Waals surface area contributed by atoms with Gasteiger partial charge in [0.1, 0.15) is 0 Å². The molecule has 0 fully saturated rings. The minimum atomic E-state index is -0.589. The van der Waals surface area contributed by atoms with Crippen LogP contribution < -0.4 is 4.90 Å². The van der Waals surface area contributed by atoms with E-state index in [-0.39, 0.29) is 0 Å². The fourth-order valence-corrected chi connectivity index (χ4v) is 2.26. The first kappa shape index (κ1) is 14.1. The fourth-order valence-electron chi connectivity index (χ4n) is 2.26. The van der Waals surface area contributed by atoms with E-state index in [0.717, 1.165) is 11.1 Å². The molecule has 0 saturated carbocycles. The summed E-state index contributed by atoms with van der Waals surface area (Å²) in [7, 11) is 0. The largest absolute Gasteiger partial charge is 0.386 e. The number of cyclic esters (lactones) is 2. The van der Waals surface area contributed by atoms with Crippen LogP contribution in [0.1, 0.15) is 34.6 Å².